The Bertz CT molecular complexity index is 1320. The molecule has 1 saturated heterocycles. The molecule has 4 aliphatic rings. The van der Waals surface area contributed by atoms with Crippen molar-refractivity contribution in [1.29, 1.82) is 0 Å². The smallest absolute Gasteiger partial charge is 0.328 e. The van der Waals surface area contributed by atoms with Gasteiger partial charge in [0.05, 0.1) is 18.4 Å². The average molecular weight is 476 g/mol. The first-order valence-corrected chi connectivity index (χ1v) is 11.5. The van der Waals surface area contributed by atoms with E-state index in [1.165, 1.54) is 6.08 Å². The standard InChI is InChI=1S/C26H24N2O7/c1-3-35-18-6-4-5-13(23(18)31)19-12-7-8-14-20(25(33)28(24(14)32)26(27)34)15(12)10-16-17(29)9-11(2)22(30)21(16)19/h4-7,9,14-15,19-20,31H,3,8,10H2,1-2H3,(H2,27,34)/t14-,15+,19+,20-/m0/s1. The van der Waals surface area contributed by atoms with Crippen LogP contribution in [0.4, 0.5) is 4.79 Å². The van der Waals surface area contributed by atoms with E-state index < -0.39 is 41.5 Å². The Labute approximate surface area is 200 Å². The number of likely N-dealkylation sites (tertiary alicyclic amines) is 1. The van der Waals surface area contributed by atoms with Gasteiger partial charge in [0.25, 0.3) is 0 Å². The Morgan fingerprint density at radius 3 is 2.60 bits per heavy atom. The summed E-state index contributed by atoms with van der Waals surface area (Å²) in [6.45, 7) is 3.65. The van der Waals surface area contributed by atoms with E-state index in [0.29, 0.717) is 28.2 Å². The Hall–Kier alpha value is -4.01. The molecule has 0 spiro atoms. The summed E-state index contributed by atoms with van der Waals surface area (Å²) in [6.07, 6.45) is 3.33. The molecule has 1 aromatic rings. The highest BCUT2D eigenvalue weighted by Gasteiger charge is 2.57. The highest BCUT2D eigenvalue weighted by Crippen LogP contribution is 2.56. The number of para-hydroxylation sites is 1. The largest absolute Gasteiger partial charge is 0.504 e. The topological polar surface area (TPSA) is 144 Å². The Kier molecular flexibility index (Phi) is 5.23. The quantitative estimate of drug-likeness (QED) is 0.387. The normalized spacial score (nSPS) is 27.8. The number of allylic oxidation sites excluding steroid dienone is 6. The number of carbonyl (C=O) groups is 5. The number of hydrogen-bond acceptors (Lipinski definition) is 7. The summed E-state index contributed by atoms with van der Waals surface area (Å²) >= 11 is 0. The number of carbonyl (C=O) groups excluding carboxylic acids is 5. The fraction of sp³-hybridized carbons (Fsp3) is 0.346. The maximum atomic E-state index is 13.4. The first-order valence-electron chi connectivity index (χ1n) is 11.5. The van der Waals surface area contributed by atoms with Crippen LogP contribution >= 0.6 is 0 Å². The maximum absolute atomic E-state index is 13.4. The van der Waals surface area contributed by atoms with Gasteiger partial charge in [-0.3, -0.25) is 19.2 Å². The van der Waals surface area contributed by atoms with E-state index in [-0.39, 0.29) is 47.1 Å². The molecule has 4 amide bonds. The predicted octanol–water partition coefficient (Wildman–Crippen LogP) is 2.30. The van der Waals surface area contributed by atoms with Crippen molar-refractivity contribution in [2.75, 3.05) is 6.61 Å². The third-order valence-corrected chi connectivity index (χ3v) is 7.43. The zero-order valence-electron chi connectivity index (χ0n) is 19.2. The Morgan fingerprint density at radius 1 is 1.17 bits per heavy atom. The van der Waals surface area contributed by atoms with Gasteiger partial charge >= 0.3 is 6.03 Å². The van der Waals surface area contributed by atoms with Crippen molar-refractivity contribution in [3.8, 4) is 11.5 Å². The Balaban J connectivity index is 1.71. The number of aromatic hydroxyl groups is 1. The summed E-state index contributed by atoms with van der Waals surface area (Å²) in [7, 11) is 0. The average Bonchev–Trinajstić information content (AvgIpc) is 3.08. The molecule has 180 valence electrons. The molecule has 3 aliphatic carbocycles. The molecule has 0 bridgehead atoms. The van der Waals surface area contributed by atoms with Crippen molar-refractivity contribution in [2.45, 2.75) is 32.6 Å². The number of primary amides is 1. The van der Waals surface area contributed by atoms with Crippen LogP contribution in [0.25, 0.3) is 0 Å². The number of phenolic OH excluding ortho intramolecular Hbond substituents is 1. The number of ether oxygens (including phenoxy) is 1. The zero-order chi connectivity index (χ0) is 25.2. The molecule has 1 heterocycles. The number of hydrogen-bond donors (Lipinski definition) is 2. The van der Waals surface area contributed by atoms with E-state index in [9.17, 15) is 29.1 Å². The van der Waals surface area contributed by atoms with Gasteiger partial charge in [0.15, 0.2) is 23.1 Å². The number of Topliss-reactive ketones (excluding diaryl/α,β-unsaturated/α-hetero) is 1. The molecule has 9 heteroatoms. The summed E-state index contributed by atoms with van der Waals surface area (Å²) < 4.78 is 5.54. The van der Waals surface area contributed by atoms with Crippen LogP contribution in [0.15, 0.2) is 52.6 Å². The van der Waals surface area contributed by atoms with E-state index in [2.05, 4.69) is 0 Å². The van der Waals surface area contributed by atoms with Crippen LogP contribution in [0.5, 0.6) is 11.5 Å². The van der Waals surface area contributed by atoms with Crippen molar-refractivity contribution in [1.82, 2.24) is 4.90 Å². The molecule has 9 nitrogen and oxygen atoms in total. The van der Waals surface area contributed by atoms with Crippen LogP contribution in [0, 0.1) is 17.8 Å². The number of fused-ring (bicyclic) bond motifs is 3. The molecule has 1 fully saturated rings. The van der Waals surface area contributed by atoms with Gasteiger partial charge in [-0.2, -0.15) is 4.90 Å². The summed E-state index contributed by atoms with van der Waals surface area (Å²) in [5.74, 6) is -5.01. The lowest BCUT2D eigenvalue weighted by Crippen LogP contribution is -2.42. The number of imide groups is 3. The minimum atomic E-state index is -1.13. The van der Waals surface area contributed by atoms with Gasteiger partial charge in [0.1, 0.15) is 0 Å². The summed E-state index contributed by atoms with van der Waals surface area (Å²) in [5, 5.41) is 11.1. The van der Waals surface area contributed by atoms with Crippen LogP contribution in [0.3, 0.4) is 0 Å². The van der Waals surface area contributed by atoms with Crippen molar-refractivity contribution in [3.63, 3.8) is 0 Å². The molecule has 1 aliphatic heterocycles. The molecule has 35 heavy (non-hydrogen) atoms. The molecule has 3 N–H and O–H groups in total. The molecule has 5 rings (SSSR count). The van der Waals surface area contributed by atoms with Gasteiger partial charge in [-0.15, -0.1) is 0 Å². The van der Waals surface area contributed by atoms with Gasteiger partial charge < -0.3 is 15.6 Å². The number of ketones is 2. The number of nitrogens with zero attached hydrogens (tertiary/aromatic N) is 1. The van der Waals surface area contributed by atoms with Crippen molar-refractivity contribution in [3.05, 3.63) is 58.2 Å². The van der Waals surface area contributed by atoms with Gasteiger partial charge in [-0.05, 0) is 44.7 Å². The van der Waals surface area contributed by atoms with Crippen molar-refractivity contribution < 1.29 is 33.8 Å². The molecule has 1 aromatic carbocycles. The van der Waals surface area contributed by atoms with Crippen molar-refractivity contribution in [2.24, 2.45) is 23.5 Å². The second-order valence-electron chi connectivity index (χ2n) is 9.21. The van der Waals surface area contributed by atoms with E-state index in [1.807, 2.05) is 0 Å². The second-order valence-corrected chi connectivity index (χ2v) is 9.21. The van der Waals surface area contributed by atoms with Crippen LogP contribution in [-0.2, 0) is 19.2 Å². The Morgan fingerprint density at radius 2 is 1.91 bits per heavy atom. The number of benzene rings is 1. The predicted molar refractivity (Wildman–Crippen MR) is 122 cm³/mol. The molecular weight excluding hydrogens is 452 g/mol. The number of rotatable bonds is 3. The summed E-state index contributed by atoms with van der Waals surface area (Å²) in [4.78, 5) is 64.7. The van der Waals surface area contributed by atoms with Crippen molar-refractivity contribution >= 4 is 29.4 Å². The SMILES string of the molecule is CCOc1cccc([C@H]2C3=CC[C@@H]4C(=O)N(C(N)=O)C(=O)[C@@H]4[C@@H]3CC3=C2C(=O)C(C)=CC3=O)c1O. The van der Waals surface area contributed by atoms with E-state index in [4.69, 9.17) is 10.5 Å². The fourth-order valence-corrected chi connectivity index (χ4v) is 5.98. The molecule has 0 unspecified atom stereocenters. The summed E-state index contributed by atoms with van der Waals surface area (Å²) in [5.41, 5.74) is 7.16. The minimum absolute atomic E-state index is 0.0741. The second kappa shape index (κ2) is 8.04. The molecule has 0 aromatic heterocycles. The monoisotopic (exact) mass is 476 g/mol. The zero-order valence-corrected chi connectivity index (χ0v) is 19.2. The summed E-state index contributed by atoms with van der Waals surface area (Å²) in [6, 6.07) is 3.82. The lowest BCUT2D eigenvalue weighted by molar-refractivity contribution is -0.136. The first kappa shape index (κ1) is 22.8. The third kappa shape index (κ3) is 3.18. The lowest BCUT2D eigenvalue weighted by atomic mass is 9.59. The number of nitrogens with two attached hydrogens (primary N) is 1. The van der Waals surface area contributed by atoms with Gasteiger partial charge in [-0.1, -0.05) is 23.8 Å². The number of urea groups is 1. The molecule has 4 atom stereocenters. The molecular formula is C26H24N2O7. The van der Waals surface area contributed by atoms with Crippen LogP contribution in [0.1, 0.15) is 38.2 Å². The molecule has 0 radical (unpaired) electrons. The lowest BCUT2D eigenvalue weighted by Gasteiger charge is -2.42. The minimum Gasteiger partial charge on any atom is -0.504 e. The van der Waals surface area contributed by atoms with Crippen LogP contribution < -0.4 is 10.5 Å². The number of phenols is 1. The van der Waals surface area contributed by atoms with Gasteiger partial charge in [0, 0.05) is 28.2 Å². The first-order chi connectivity index (χ1) is 16.7. The van der Waals surface area contributed by atoms with E-state index >= 15 is 0 Å². The highest BCUT2D eigenvalue weighted by molar-refractivity contribution is 6.24. The van der Waals surface area contributed by atoms with Crippen LogP contribution in [0.2, 0.25) is 0 Å². The highest BCUT2D eigenvalue weighted by atomic mass is 16.5. The van der Waals surface area contributed by atoms with E-state index in [1.54, 1.807) is 38.1 Å². The molecule has 0 saturated carbocycles. The van der Waals surface area contributed by atoms with Crippen LogP contribution in [-0.4, -0.2) is 46.0 Å². The van der Waals surface area contributed by atoms with Gasteiger partial charge in [-0.25, -0.2) is 4.79 Å². The van der Waals surface area contributed by atoms with E-state index in [0.717, 1.165) is 0 Å². The fourth-order valence-electron chi connectivity index (χ4n) is 5.98. The maximum Gasteiger partial charge on any atom is 0.328 e. The number of amides is 4. The third-order valence-electron chi connectivity index (χ3n) is 7.43. The van der Waals surface area contributed by atoms with Gasteiger partial charge in [0.2, 0.25) is 11.8 Å².